The minimum absolute atomic E-state index is 0.0459. The van der Waals surface area contributed by atoms with E-state index in [0.717, 1.165) is 22.6 Å². The van der Waals surface area contributed by atoms with Crippen LogP contribution in [0.3, 0.4) is 0 Å². The van der Waals surface area contributed by atoms with Gasteiger partial charge in [0.25, 0.3) is 5.69 Å². The summed E-state index contributed by atoms with van der Waals surface area (Å²) in [4.78, 5) is 30.9. The molecule has 1 aliphatic rings. The number of carbonyl (C=O) groups is 1. The number of rotatable bonds is 9. The van der Waals surface area contributed by atoms with Crippen LogP contribution < -0.4 is 15.4 Å². The molecule has 0 radical (unpaired) electrons. The topological polar surface area (TPSA) is 115 Å². The highest BCUT2D eigenvalue weighted by Gasteiger charge is 2.41. The fourth-order valence-corrected chi connectivity index (χ4v) is 5.74. The zero-order chi connectivity index (χ0) is 30.0. The van der Waals surface area contributed by atoms with Crippen molar-refractivity contribution in [3.63, 3.8) is 0 Å². The molecule has 1 fully saturated rings. The van der Waals surface area contributed by atoms with E-state index in [1.807, 2.05) is 47.6 Å². The van der Waals surface area contributed by atoms with Gasteiger partial charge in [-0.25, -0.2) is 4.39 Å². The number of anilines is 1. The molecule has 1 saturated heterocycles. The van der Waals surface area contributed by atoms with Crippen molar-refractivity contribution in [3.8, 4) is 11.4 Å². The summed E-state index contributed by atoms with van der Waals surface area (Å²) in [5, 5.41) is 18.4. The second-order valence-corrected chi connectivity index (χ2v) is 10.3. The molecule has 10 nitrogen and oxygen atoms in total. The predicted molar refractivity (Wildman–Crippen MR) is 160 cm³/mol. The predicted octanol–water partition coefficient (Wildman–Crippen LogP) is 5.55. The maximum atomic E-state index is 14.1. The molecule has 4 aromatic rings. The number of hydrogen-bond acceptors (Lipinski definition) is 6. The summed E-state index contributed by atoms with van der Waals surface area (Å²) >= 11 is 5.74. The van der Waals surface area contributed by atoms with Gasteiger partial charge in [0, 0.05) is 30.6 Å². The Balaban J connectivity index is 1.52. The van der Waals surface area contributed by atoms with Crippen molar-refractivity contribution in [3.05, 3.63) is 112 Å². The molecule has 0 aliphatic carbocycles. The number of carbonyl (C=O) groups excluding carboxylic acids is 1. The quantitative estimate of drug-likeness (QED) is 0.149. The number of hydrogen-bond donors (Lipinski definition) is 2. The molecule has 2 aromatic heterocycles. The molecule has 2 aromatic carbocycles. The number of ether oxygens (including phenoxy) is 1. The van der Waals surface area contributed by atoms with Gasteiger partial charge in [0.05, 0.1) is 41.6 Å². The normalized spacial score (nSPS) is 16.3. The van der Waals surface area contributed by atoms with Crippen LogP contribution in [0.15, 0.2) is 72.9 Å². The van der Waals surface area contributed by atoms with E-state index in [9.17, 15) is 19.3 Å². The number of nitro groups is 1. The van der Waals surface area contributed by atoms with Crippen LogP contribution in [0.1, 0.15) is 41.1 Å². The molecule has 0 spiro atoms. The number of halogens is 1. The second-order valence-electron chi connectivity index (χ2n) is 9.87. The Morgan fingerprint density at radius 2 is 1.93 bits per heavy atom. The van der Waals surface area contributed by atoms with Gasteiger partial charge in [-0.1, -0.05) is 18.2 Å². The number of methoxy groups -OCH3 is 1. The van der Waals surface area contributed by atoms with Gasteiger partial charge in [-0.05, 0) is 74.1 Å². The van der Waals surface area contributed by atoms with Crippen LogP contribution in [0.4, 0.5) is 15.8 Å². The Morgan fingerprint density at radius 1 is 1.17 bits per heavy atom. The van der Waals surface area contributed by atoms with Crippen LogP contribution in [-0.4, -0.2) is 44.0 Å². The molecule has 12 heteroatoms. The second kappa shape index (κ2) is 12.0. The smallest absolute Gasteiger partial charge is 0.296 e. The summed E-state index contributed by atoms with van der Waals surface area (Å²) < 4.78 is 21.2. The Morgan fingerprint density at radius 3 is 2.62 bits per heavy atom. The van der Waals surface area contributed by atoms with Crippen molar-refractivity contribution < 1.29 is 18.8 Å². The lowest BCUT2D eigenvalue weighted by Crippen LogP contribution is -2.33. The van der Waals surface area contributed by atoms with Crippen molar-refractivity contribution in [2.75, 3.05) is 19.0 Å². The molecule has 2 atom stereocenters. The van der Waals surface area contributed by atoms with E-state index in [2.05, 4.69) is 15.6 Å². The summed E-state index contributed by atoms with van der Waals surface area (Å²) in [6, 6.07) is 17.6. The summed E-state index contributed by atoms with van der Waals surface area (Å²) in [7, 11) is 1.46. The van der Waals surface area contributed by atoms with E-state index < -0.39 is 10.7 Å². The highest BCUT2D eigenvalue weighted by atomic mass is 32.1. The maximum absolute atomic E-state index is 14.1. The van der Waals surface area contributed by atoms with Crippen molar-refractivity contribution in [2.45, 2.75) is 32.4 Å². The van der Waals surface area contributed by atoms with E-state index in [-0.39, 0.29) is 42.3 Å². The van der Waals surface area contributed by atoms with E-state index in [1.54, 1.807) is 30.5 Å². The molecule has 3 heterocycles. The Hall–Kier alpha value is -4.84. The highest BCUT2D eigenvalue weighted by molar-refractivity contribution is 7.80. The van der Waals surface area contributed by atoms with Gasteiger partial charge < -0.3 is 24.8 Å². The average molecular weight is 589 g/mol. The molecule has 0 unspecified atom stereocenters. The molecule has 42 heavy (non-hydrogen) atoms. The van der Waals surface area contributed by atoms with Gasteiger partial charge in [0.2, 0.25) is 5.91 Å². The van der Waals surface area contributed by atoms with E-state index in [4.69, 9.17) is 17.0 Å². The van der Waals surface area contributed by atoms with Gasteiger partial charge in [-0.3, -0.25) is 19.9 Å². The number of benzene rings is 2. The van der Waals surface area contributed by atoms with Crippen LogP contribution in [0, 0.1) is 29.8 Å². The summed E-state index contributed by atoms with van der Waals surface area (Å²) in [5.74, 6) is -0.492. The number of aryl methyl sites for hydroxylation is 1. The largest absolute Gasteiger partial charge is 0.496 e. The maximum Gasteiger partial charge on any atom is 0.296 e. The Kier molecular flexibility index (Phi) is 8.16. The minimum atomic E-state index is -0.516. The van der Waals surface area contributed by atoms with Crippen LogP contribution in [0.5, 0.6) is 5.75 Å². The lowest BCUT2D eigenvalue weighted by Gasteiger charge is -2.28. The number of nitrogens with zero attached hydrogens (tertiary/aromatic N) is 4. The van der Waals surface area contributed by atoms with E-state index >= 15 is 0 Å². The van der Waals surface area contributed by atoms with Gasteiger partial charge in [-0.15, -0.1) is 0 Å². The third-order valence-corrected chi connectivity index (χ3v) is 7.69. The number of pyridine rings is 1. The molecule has 216 valence electrons. The first kappa shape index (κ1) is 28.7. The lowest BCUT2D eigenvalue weighted by molar-refractivity contribution is -0.384. The van der Waals surface area contributed by atoms with Crippen molar-refractivity contribution in [1.82, 2.24) is 19.8 Å². The first-order valence-corrected chi connectivity index (χ1v) is 13.6. The molecular formula is C30H29FN6O4S. The Bertz CT molecular complexity index is 1660. The van der Waals surface area contributed by atoms with Gasteiger partial charge in [0.15, 0.2) is 5.11 Å². The van der Waals surface area contributed by atoms with Gasteiger partial charge in [-0.2, -0.15) is 0 Å². The molecule has 0 saturated carbocycles. The number of nitrogens with one attached hydrogen (secondary N) is 2. The number of nitro benzene ring substituents is 1. The molecular weight excluding hydrogens is 559 g/mol. The fourth-order valence-electron chi connectivity index (χ4n) is 5.41. The fraction of sp³-hybridized carbons (Fsp3) is 0.233. The zero-order valence-corrected chi connectivity index (χ0v) is 24.0. The monoisotopic (exact) mass is 588 g/mol. The summed E-state index contributed by atoms with van der Waals surface area (Å²) in [5.41, 5.74) is 3.60. The van der Waals surface area contributed by atoms with Crippen molar-refractivity contribution >= 4 is 34.6 Å². The number of thiocarbonyl (C=S) groups is 1. The first-order chi connectivity index (χ1) is 20.2. The van der Waals surface area contributed by atoms with Crippen molar-refractivity contribution in [1.29, 1.82) is 0 Å². The van der Waals surface area contributed by atoms with Crippen LogP contribution >= 0.6 is 12.2 Å². The first-order valence-electron chi connectivity index (χ1n) is 13.2. The molecule has 5 rings (SSSR count). The number of aromatic nitrogens is 2. The third-order valence-electron chi connectivity index (χ3n) is 7.33. The summed E-state index contributed by atoms with van der Waals surface area (Å²) in [6.07, 6.45) is 1.75. The SMILES string of the molecule is COc1ccc(-n2c(C)cc([C@H]3[C@@H](c4ccccn4)NC(=S)N3CCC(=O)Nc3ccccc3F)c2C)c([N+](=O)[O-])c1. The van der Waals surface area contributed by atoms with Gasteiger partial charge in [0.1, 0.15) is 17.3 Å². The molecule has 1 amide bonds. The standard InChI is InChI=1S/C30H29FN6O4S/c1-18-16-21(19(2)36(18)25-12-11-20(41-3)17-26(25)37(39)40)29-28(24-10-6-7-14-32-24)34-30(42)35(29)15-13-27(38)33-23-9-5-4-8-22(23)31/h4-12,14,16-17,28-29H,13,15H2,1-3H3,(H,33,38)(H,34,42)/t28-,29+/m1/s1. The number of amides is 1. The molecule has 1 aliphatic heterocycles. The highest BCUT2D eigenvalue weighted by Crippen LogP contribution is 2.42. The van der Waals surface area contributed by atoms with Crippen LogP contribution in [-0.2, 0) is 4.79 Å². The van der Waals surface area contributed by atoms with Crippen LogP contribution in [0.25, 0.3) is 5.69 Å². The van der Waals surface area contributed by atoms with E-state index in [1.165, 1.54) is 25.3 Å². The minimum Gasteiger partial charge on any atom is -0.496 e. The van der Waals surface area contributed by atoms with Gasteiger partial charge >= 0.3 is 0 Å². The summed E-state index contributed by atoms with van der Waals surface area (Å²) in [6.45, 7) is 4.02. The number of para-hydroxylation sites is 1. The Labute approximate surface area is 247 Å². The molecule has 0 bridgehead atoms. The van der Waals surface area contributed by atoms with Crippen molar-refractivity contribution in [2.24, 2.45) is 0 Å². The van der Waals surface area contributed by atoms with E-state index in [0.29, 0.717) is 16.5 Å². The molecule has 2 N–H and O–H groups in total. The van der Waals surface area contributed by atoms with Crippen LogP contribution in [0.2, 0.25) is 0 Å². The lowest BCUT2D eigenvalue weighted by atomic mass is 9.96. The third kappa shape index (κ3) is 5.53. The zero-order valence-electron chi connectivity index (χ0n) is 23.2. The average Bonchev–Trinajstić information content (AvgIpc) is 3.47.